The molecule has 0 aliphatic rings. The van der Waals surface area contributed by atoms with Crippen LogP contribution < -0.4 is 4.90 Å². The van der Waals surface area contributed by atoms with Crippen molar-refractivity contribution in [3.05, 3.63) is 29.8 Å². The van der Waals surface area contributed by atoms with Gasteiger partial charge in [0.1, 0.15) is 0 Å². The second-order valence-corrected chi connectivity index (χ2v) is 3.81. The summed E-state index contributed by atoms with van der Waals surface area (Å²) in [6, 6.07) is 8.18. The van der Waals surface area contributed by atoms with E-state index in [4.69, 9.17) is 0 Å². The zero-order valence-electron chi connectivity index (χ0n) is 9.24. The van der Waals surface area contributed by atoms with Crippen LogP contribution in [0.3, 0.4) is 0 Å². The first-order chi connectivity index (χ1) is 6.52. The highest BCUT2D eigenvalue weighted by Crippen LogP contribution is 2.16. The lowest BCUT2D eigenvalue weighted by Gasteiger charge is -2.23. The monoisotopic (exact) mass is 191 g/mol. The first-order valence-corrected chi connectivity index (χ1v) is 4.86. The Hall–Kier alpha value is -1.31. The van der Waals surface area contributed by atoms with Crippen LogP contribution in [0.25, 0.3) is 0 Å². The number of rotatable bonds is 3. The van der Waals surface area contributed by atoms with Crippen molar-refractivity contribution in [2.45, 2.75) is 26.8 Å². The molecule has 0 radical (unpaired) electrons. The molecule has 0 aliphatic carbocycles. The molecule has 2 heteroatoms. The average molecular weight is 191 g/mol. The zero-order chi connectivity index (χ0) is 10.7. The summed E-state index contributed by atoms with van der Waals surface area (Å²) in [6.07, 6.45) is 0. The maximum absolute atomic E-state index is 11.0. The smallest absolute Gasteiger partial charge is 0.159 e. The van der Waals surface area contributed by atoms with E-state index in [2.05, 4.69) is 18.7 Å². The third-order valence-electron chi connectivity index (χ3n) is 2.46. The van der Waals surface area contributed by atoms with Gasteiger partial charge in [-0.25, -0.2) is 0 Å². The highest BCUT2D eigenvalue weighted by atomic mass is 16.1. The topological polar surface area (TPSA) is 20.3 Å². The average Bonchev–Trinajstić information content (AvgIpc) is 2.16. The van der Waals surface area contributed by atoms with Crippen molar-refractivity contribution in [2.75, 3.05) is 11.9 Å². The molecule has 0 amide bonds. The van der Waals surface area contributed by atoms with Gasteiger partial charge in [-0.1, -0.05) is 0 Å². The molecule has 0 N–H and O–H groups in total. The van der Waals surface area contributed by atoms with Gasteiger partial charge < -0.3 is 4.90 Å². The molecule has 0 spiro atoms. The second-order valence-electron chi connectivity index (χ2n) is 3.81. The summed E-state index contributed by atoms with van der Waals surface area (Å²) in [5.41, 5.74) is 1.91. The number of ketones is 1. The van der Waals surface area contributed by atoms with Gasteiger partial charge in [-0.3, -0.25) is 4.79 Å². The molecule has 0 saturated carbocycles. The minimum absolute atomic E-state index is 0.115. The minimum atomic E-state index is 0.115. The molecule has 0 bridgehead atoms. The van der Waals surface area contributed by atoms with Crippen molar-refractivity contribution in [3.8, 4) is 0 Å². The quantitative estimate of drug-likeness (QED) is 0.685. The Morgan fingerprint density at radius 3 is 2.07 bits per heavy atom. The third kappa shape index (κ3) is 2.34. The van der Waals surface area contributed by atoms with E-state index >= 15 is 0 Å². The number of nitrogens with zero attached hydrogens (tertiary/aromatic N) is 1. The molecule has 0 aromatic heterocycles. The molecule has 1 rings (SSSR count). The lowest BCUT2D eigenvalue weighted by atomic mass is 10.1. The molecule has 0 unspecified atom stereocenters. The first-order valence-electron chi connectivity index (χ1n) is 4.86. The molecule has 2 nitrogen and oxygen atoms in total. The predicted octanol–water partition coefficient (Wildman–Crippen LogP) is 2.73. The molecule has 1 aromatic carbocycles. The van der Waals surface area contributed by atoms with Crippen molar-refractivity contribution in [1.82, 2.24) is 0 Å². The van der Waals surface area contributed by atoms with Gasteiger partial charge >= 0.3 is 0 Å². The van der Waals surface area contributed by atoms with Gasteiger partial charge in [0.2, 0.25) is 0 Å². The van der Waals surface area contributed by atoms with E-state index in [0.29, 0.717) is 6.04 Å². The van der Waals surface area contributed by atoms with E-state index in [0.717, 1.165) is 11.3 Å². The van der Waals surface area contributed by atoms with Crippen molar-refractivity contribution in [1.29, 1.82) is 0 Å². The first kappa shape index (κ1) is 10.8. The Bertz CT molecular complexity index is 314. The molecule has 76 valence electrons. The predicted molar refractivity (Wildman–Crippen MR) is 60.0 cm³/mol. The summed E-state index contributed by atoms with van der Waals surface area (Å²) >= 11 is 0. The van der Waals surface area contributed by atoms with E-state index in [1.165, 1.54) is 0 Å². The molecule has 0 saturated heterocycles. The summed E-state index contributed by atoms with van der Waals surface area (Å²) in [4.78, 5) is 13.2. The van der Waals surface area contributed by atoms with Crippen molar-refractivity contribution in [2.24, 2.45) is 0 Å². The minimum Gasteiger partial charge on any atom is -0.372 e. The molecule has 1 aromatic rings. The van der Waals surface area contributed by atoms with Gasteiger partial charge in [0.15, 0.2) is 5.78 Å². The van der Waals surface area contributed by atoms with Crippen molar-refractivity contribution in [3.63, 3.8) is 0 Å². The van der Waals surface area contributed by atoms with Crippen molar-refractivity contribution >= 4 is 11.5 Å². The van der Waals surface area contributed by atoms with Gasteiger partial charge in [-0.05, 0) is 45.0 Å². The molecule has 0 atom stereocenters. The summed E-state index contributed by atoms with van der Waals surface area (Å²) in [7, 11) is 2.05. The molecule has 0 heterocycles. The Morgan fingerprint density at radius 2 is 1.71 bits per heavy atom. The number of carbonyl (C=O) groups excluding carboxylic acids is 1. The Morgan fingerprint density at radius 1 is 1.21 bits per heavy atom. The standard InChI is InChI=1S/C12H17NO/c1-9(2)13(4)12-7-5-11(6-8-12)10(3)14/h5-9H,1-4H3. The SMILES string of the molecule is CC(=O)c1ccc(N(C)C(C)C)cc1. The number of hydrogen-bond donors (Lipinski definition) is 0. The van der Waals surface area contributed by atoms with Crippen LogP contribution in [0.1, 0.15) is 31.1 Å². The molecule has 0 aliphatic heterocycles. The Balaban J connectivity index is 2.88. The summed E-state index contributed by atoms with van der Waals surface area (Å²) in [5, 5.41) is 0. The Labute approximate surface area is 85.5 Å². The van der Waals surface area contributed by atoms with Crippen LogP contribution in [0.5, 0.6) is 0 Å². The Kier molecular flexibility index (Phi) is 3.28. The maximum Gasteiger partial charge on any atom is 0.159 e. The summed E-state index contributed by atoms with van der Waals surface area (Å²) in [6.45, 7) is 5.86. The van der Waals surface area contributed by atoms with Crippen LogP contribution >= 0.6 is 0 Å². The normalized spacial score (nSPS) is 10.4. The number of anilines is 1. The van der Waals surface area contributed by atoms with Gasteiger partial charge in [-0.2, -0.15) is 0 Å². The molecule has 0 fully saturated rings. The van der Waals surface area contributed by atoms with Gasteiger partial charge in [0.05, 0.1) is 0 Å². The van der Waals surface area contributed by atoms with Gasteiger partial charge in [-0.15, -0.1) is 0 Å². The maximum atomic E-state index is 11.0. The van der Waals surface area contributed by atoms with Crippen LogP contribution in [0.2, 0.25) is 0 Å². The zero-order valence-corrected chi connectivity index (χ0v) is 9.24. The fourth-order valence-electron chi connectivity index (χ4n) is 1.23. The number of carbonyl (C=O) groups is 1. The molecular formula is C12H17NO. The van der Waals surface area contributed by atoms with Crippen LogP contribution in [0.4, 0.5) is 5.69 Å². The summed E-state index contributed by atoms with van der Waals surface area (Å²) < 4.78 is 0. The summed E-state index contributed by atoms with van der Waals surface area (Å²) in [5.74, 6) is 0.115. The van der Waals surface area contributed by atoms with Crippen LogP contribution in [-0.2, 0) is 0 Å². The second kappa shape index (κ2) is 4.27. The number of Topliss-reactive ketones (excluding diaryl/α,β-unsaturated/α-hetero) is 1. The number of hydrogen-bond acceptors (Lipinski definition) is 2. The highest BCUT2D eigenvalue weighted by Gasteiger charge is 2.05. The molecule has 14 heavy (non-hydrogen) atoms. The van der Waals surface area contributed by atoms with E-state index < -0.39 is 0 Å². The third-order valence-corrected chi connectivity index (χ3v) is 2.46. The van der Waals surface area contributed by atoms with Gasteiger partial charge in [0.25, 0.3) is 0 Å². The van der Waals surface area contributed by atoms with E-state index in [9.17, 15) is 4.79 Å². The van der Waals surface area contributed by atoms with Crippen LogP contribution in [-0.4, -0.2) is 18.9 Å². The molecular weight excluding hydrogens is 174 g/mol. The lowest BCUT2D eigenvalue weighted by Crippen LogP contribution is -2.25. The van der Waals surface area contributed by atoms with E-state index in [1.807, 2.05) is 31.3 Å². The van der Waals surface area contributed by atoms with Gasteiger partial charge in [0, 0.05) is 24.3 Å². The van der Waals surface area contributed by atoms with E-state index in [-0.39, 0.29) is 5.78 Å². The lowest BCUT2D eigenvalue weighted by molar-refractivity contribution is 0.101. The fourth-order valence-corrected chi connectivity index (χ4v) is 1.23. The highest BCUT2D eigenvalue weighted by molar-refractivity contribution is 5.94. The largest absolute Gasteiger partial charge is 0.372 e. The van der Waals surface area contributed by atoms with Crippen molar-refractivity contribution < 1.29 is 4.79 Å². The number of benzene rings is 1. The van der Waals surface area contributed by atoms with E-state index in [1.54, 1.807) is 6.92 Å². The van der Waals surface area contributed by atoms with Crippen LogP contribution in [0.15, 0.2) is 24.3 Å². The van der Waals surface area contributed by atoms with Crippen LogP contribution in [0, 0.1) is 0 Å². The fraction of sp³-hybridized carbons (Fsp3) is 0.417.